The maximum atomic E-state index is 11.8. The van der Waals surface area contributed by atoms with Crippen molar-refractivity contribution in [3.63, 3.8) is 0 Å². The van der Waals surface area contributed by atoms with Gasteiger partial charge in [-0.05, 0) is 30.6 Å². The molecule has 0 bridgehead atoms. The maximum Gasteiger partial charge on any atom is 0.151 e. The van der Waals surface area contributed by atoms with E-state index in [0.29, 0.717) is 12.8 Å². The van der Waals surface area contributed by atoms with Crippen LogP contribution >= 0.6 is 0 Å². The summed E-state index contributed by atoms with van der Waals surface area (Å²) in [6.45, 7) is 6.55. The lowest BCUT2D eigenvalue weighted by molar-refractivity contribution is -0.0960. The first-order chi connectivity index (χ1) is 8.06. The Morgan fingerprint density at radius 3 is 2.33 bits per heavy atom. The van der Waals surface area contributed by atoms with Crippen LogP contribution in [0.25, 0.3) is 0 Å². The summed E-state index contributed by atoms with van der Waals surface area (Å²) >= 11 is 0. The predicted molar refractivity (Wildman–Crippen MR) is 71.9 cm³/mol. The van der Waals surface area contributed by atoms with E-state index in [1.54, 1.807) is 0 Å². The molecule has 0 aromatic rings. The van der Waals surface area contributed by atoms with Crippen molar-refractivity contribution in [2.45, 2.75) is 45.6 Å². The average molecular weight is 275 g/mol. The van der Waals surface area contributed by atoms with Crippen LogP contribution in [0.1, 0.15) is 40.0 Å². The van der Waals surface area contributed by atoms with Crippen molar-refractivity contribution in [1.82, 2.24) is 0 Å². The topological polar surface area (TPSA) is 80.4 Å². The molecule has 0 spiro atoms. The van der Waals surface area contributed by atoms with Crippen LogP contribution < -0.4 is 5.73 Å². The molecule has 4 nitrogen and oxygen atoms in total. The Bertz CT molecular complexity index is 445. The van der Waals surface area contributed by atoms with Crippen molar-refractivity contribution < 1.29 is 13.5 Å². The third-order valence-corrected chi connectivity index (χ3v) is 6.94. The molecule has 0 aromatic heterocycles. The van der Waals surface area contributed by atoms with Crippen molar-refractivity contribution >= 4 is 9.84 Å². The molecule has 0 radical (unpaired) electrons. The van der Waals surface area contributed by atoms with Crippen LogP contribution in [-0.4, -0.2) is 37.2 Å². The molecular formula is C13H25NO3S. The molecule has 18 heavy (non-hydrogen) atoms. The number of hydrogen-bond donors (Lipinski definition) is 2. The Balaban J connectivity index is 2.40. The van der Waals surface area contributed by atoms with E-state index in [1.165, 1.54) is 0 Å². The fourth-order valence-electron chi connectivity index (χ4n) is 4.28. The van der Waals surface area contributed by atoms with E-state index in [0.717, 1.165) is 6.42 Å². The summed E-state index contributed by atoms with van der Waals surface area (Å²) < 4.78 is 23.6. The second kappa shape index (κ2) is 3.93. The molecule has 2 rings (SSSR count). The lowest BCUT2D eigenvalue weighted by atomic mass is 9.66. The van der Waals surface area contributed by atoms with E-state index in [-0.39, 0.29) is 29.4 Å². The zero-order valence-electron chi connectivity index (χ0n) is 11.6. The first kappa shape index (κ1) is 14.3. The molecule has 5 heteroatoms. The molecule has 2 aliphatic rings. The molecule has 1 aliphatic heterocycles. The van der Waals surface area contributed by atoms with Gasteiger partial charge in [0.15, 0.2) is 9.84 Å². The summed E-state index contributed by atoms with van der Waals surface area (Å²) in [5.41, 5.74) is 4.36. The number of aliphatic hydroxyl groups is 1. The fourth-order valence-corrected chi connectivity index (χ4v) is 6.48. The molecule has 2 fully saturated rings. The molecule has 3 N–H and O–H groups in total. The number of sulfone groups is 1. The van der Waals surface area contributed by atoms with Crippen LogP contribution in [0.4, 0.5) is 0 Å². The molecule has 3 unspecified atom stereocenters. The molecule has 1 saturated heterocycles. The summed E-state index contributed by atoms with van der Waals surface area (Å²) in [6, 6.07) is 0. The number of hydrogen-bond acceptors (Lipinski definition) is 4. The first-order valence-corrected chi connectivity index (χ1v) is 8.51. The van der Waals surface area contributed by atoms with Gasteiger partial charge in [0.2, 0.25) is 0 Å². The molecule has 0 aromatic carbocycles. The summed E-state index contributed by atoms with van der Waals surface area (Å²) in [6.07, 6.45) is 2.07. The van der Waals surface area contributed by atoms with Crippen LogP contribution in [0.3, 0.4) is 0 Å². The van der Waals surface area contributed by atoms with Crippen molar-refractivity contribution in [2.75, 3.05) is 18.1 Å². The predicted octanol–water partition coefficient (Wildman–Crippen LogP) is 0.937. The van der Waals surface area contributed by atoms with Crippen LogP contribution in [-0.2, 0) is 9.84 Å². The van der Waals surface area contributed by atoms with Crippen LogP contribution in [0.5, 0.6) is 0 Å². The molecule has 3 atom stereocenters. The van der Waals surface area contributed by atoms with Gasteiger partial charge >= 0.3 is 0 Å². The monoisotopic (exact) mass is 275 g/mol. The summed E-state index contributed by atoms with van der Waals surface area (Å²) in [7, 11) is -3.04. The van der Waals surface area contributed by atoms with Gasteiger partial charge in [-0.3, -0.25) is 0 Å². The molecule has 1 aliphatic carbocycles. The van der Waals surface area contributed by atoms with Crippen LogP contribution in [0.15, 0.2) is 0 Å². The molecule has 106 valence electrons. The minimum atomic E-state index is -3.04. The highest BCUT2D eigenvalue weighted by atomic mass is 32.2. The second-order valence-corrected chi connectivity index (χ2v) is 9.38. The number of rotatable bonds is 2. The Morgan fingerprint density at radius 2 is 2.00 bits per heavy atom. The van der Waals surface area contributed by atoms with Gasteiger partial charge in [0.1, 0.15) is 0 Å². The Kier molecular flexibility index (Phi) is 3.12. The van der Waals surface area contributed by atoms with E-state index < -0.39 is 20.9 Å². The summed E-state index contributed by atoms with van der Waals surface area (Å²) in [5.74, 6) is 0.317. The van der Waals surface area contributed by atoms with E-state index in [1.807, 2.05) is 6.92 Å². The zero-order valence-corrected chi connectivity index (χ0v) is 12.4. The van der Waals surface area contributed by atoms with Crippen LogP contribution in [0, 0.1) is 16.7 Å². The van der Waals surface area contributed by atoms with Gasteiger partial charge < -0.3 is 10.8 Å². The van der Waals surface area contributed by atoms with Crippen molar-refractivity contribution in [1.29, 1.82) is 0 Å². The normalized spacial score (nSPS) is 46.4. The highest BCUT2D eigenvalue weighted by Gasteiger charge is 2.62. The molecular weight excluding hydrogens is 250 g/mol. The van der Waals surface area contributed by atoms with Gasteiger partial charge in [0, 0.05) is 12.0 Å². The summed E-state index contributed by atoms with van der Waals surface area (Å²) in [5, 5.41) is 11.1. The lowest BCUT2D eigenvalue weighted by Gasteiger charge is -2.44. The average Bonchev–Trinajstić information content (AvgIpc) is 2.63. The Morgan fingerprint density at radius 1 is 1.39 bits per heavy atom. The lowest BCUT2D eigenvalue weighted by Crippen LogP contribution is -2.55. The van der Waals surface area contributed by atoms with Crippen molar-refractivity contribution in [2.24, 2.45) is 22.5 Å². The zero-order chi connectivity index (χ0) is 13.8. The largest absolute Gasteiger partial charge is 0.389 e. The van der Waals surface area contributed by atoms with E-state index >= 15 is 0 Å². The third kappa shape index (κ3) is 2.00. The van der Waals surface area contributed by atoms with Gasteiger partial charge in [-0.15, -0.1) is 0 Å². The van der Waals surface area contributed by atoms with E-state index in [4.69, 9.17) is 5.73 Å². The van der Waals surface area contributed by atoms with Gasteiger partial charge in [-0.1, -0.05) is 20.8 Å². The van der Waals surface area contributed by atoms with Crippen LogP contribution in [0.2, 0.25) is 0 Å². The first-order valence-electron chi connectivity index (χ1n) is 6.69. The van der Waals surface area contributed by atoms with E-state index in [2.05, 4.69) is 13.8 Å². The summed E-state index contributed by atoms with van der Waals surface area (Å²) in [4.78, 5) is 0. The highest BCUT2D eigenvalue weighted by molar-refractivity contribution is 7.91. The molecule has 1 saturated carbocycles. The van der Waals surface area contributed by atoms with Gasteiger partial charge in [-0.2, -0.15) is 0 Å². The van der Waals surface area contributed by atoms with Gasteiger partial charge in [0.25, 0.3) is 0 Å². The minimum Gasteiger partial charge on any atom is -0.389 e. The SMILES string of the molecule is CC1CC(C)(C)CC1(O)C1(CN)CCS(=O)(=O)C1. The number of nitrogens with two attached hydrogens (primary N) is 1. The van der Waals surface area contributed by atoms with Gasteiger partial charge in [-0.25, -0.2) is 8.42 Å². The molecule has 0 amide bonds. The maximum absolute atomic E-state index is 11.8. The Labute approximate surface area is 110 Å². The van der Waals surface area contributed by atoms with E-state index in [9.17, 15) is 13.5 Å². The smallest absolute Gasteiger partial charge is 0.151 e. The quantitative estimate of drug-likeness (QED) is 0.786. The van der Waals surface area contributed by atoms with Crippen molar-refractivity contribution in [3.05, 3.63) is 0 Å². The highest BCUT2D eigenvalue weighted by Crippen LogP contribution is 2.57. The van der Waals surface area contributed by atoms with Gasteiger partial charge in [0.05, 0.1) is 17.1 Å². The minimum absolute atomic E-state index is 0.0490. The molecule has 1 heterocycles. The Hall–Kier alpha value is -0.130. The second-order valence-electron chi connectivity index (χ2n) is 7.20. The van der Waals surface area contributed by atoms with Crippen molar-refractivity contribution in [3.8, 4) is 0 Å². The standard InChI is InChI=1S/C13H25NO3S/c1-10-6-11(2,3)7-13(10,15)12(8-14)4-5-18(16,17)9-12/h10,15H,4-9,14H2,1-3H3. The third-order valence-electron chi connectivity index (χ3n) is 5.12. The fraction of sp³-hybridized carbons (Fsp3) is 1.00.